The molecule has 0 aliphatic heterocycles. The molecule has 0 saturated carbocycles. The predicted octanol–water partition coefficient (Wildman–Crippen LogP) is 1.93. The number of alkyl halides is 1. The van der Waals surface area contributed by atoms with E-state index in [1.54, 1.807) is 6.07 Å². The molecule has 0 unspecified atom stereocenters. The number of nitrogens with zero attached hydrogens (tertiary/aromatic N) is 1. The van der Waals surface area contributed by atoms with Gasteiger partial charge in [-0.05, 0) is 12.1 Å². The molecule has 0 saturated heterocycles. The minimum atomic E-state index is -0.978. The van der Waals surface area contributed by atoms with E-state index in [-0.39, 0.29) is 12.3 Å². The first-order valence-corrected chi connectivity index (χ1v) is 5.03. The van der Waals surface area contributed by atoms with Crippen molar-refractivity contribution in [3.8, 4) is 11.8 Å². The molecule has 0 spiro atoms. The number of ether oxygens (including phenoxy) is 1. The Balaban J connectivity index is 3.32. The van der Waals surface area contributed by atoms with Crippen molar-refractivity contribution in [3.63, 3.8) is 0 Å². The molecular formula is C11H10ClNO3. The molecule has 1 aromatic carbocycles. The number of rotatable bonds is 4. The highest BCUT2D eigenvalue weighted by Crippen LogP contribution is 2.27. The zero-order valence-electron chi connectivity index (χ0n) is 8.66. The van der Waals surface area contributed by atoms with Gasteiger partial charge in [0.1, 0.15) is 5.75 Å². The highest BCUT2D eigenvalue weighted by Gasteiger charge is 2.13. The van der Waals surface area contributed by atoms with E-state index in [0.717, 1.165) is 0 Å². The maximum Gasteiger partial charge on any atom is 0.307 e. The van der Waals surface area contributed by atoms with E-state index in [1.807, 2.05) is 6.07 Å². The normalized spacial score (nSPS) is 9.56. The predicted molar refractivity (Wildman–Crippen MR) is 58.6 cm³/mol. The Kier molecular flexibility index (Phi) is 4.15. The summed E-state index contributed by atoms with van der Waals surface area (Å²) in [6.07, 6.45) is -0.192. The van der Waals surface area contributed by atoms with Gasteiger partial charge in [-0.2, -0.15) is 5.26 Å². The van der Waals surface area contributed by atoms with Crippen LogP contribution in [0.5, 0.6) is 5.75 Å². The van der Waals surface area contributed by atoms with Gasteiger partial charge in [-0.25, -0.2) is 0 Å². The summed E-state index contributed by atoms with van der Waals surface area (Å²) in [5.41, 5.74) is 1.47. The summed E-state index contributed by atoms with van der Waals surface area (Å²) >= 11 is 5.71. The fourth-order valence-corrected chi connectivity index (χ4v) is 1.67. The lowest BCUT2D eigenvalue weighted by atomic mass is 10.0. The molecule has 4 nitrogen and oxygen atoms in total. The van der Waals surface area contributed by atoms with Crippen molar-refractivity contribution in [2.45, 2.75) is 12.3 Å². The first-order valence-electron chi connectivity index (χ1n) is 4.50. The lowest BCUT2D eigenvalue weighted by Gasteiger charge is -2.11. The van der Waals surface area contributed by atoms with Crippen LogP contribution >= 0.6 is 11.6 Å². The van der Waals surface area contributed by atoms with Gasteiger partial charge in [0.25, 0.3) is 0 Å². The van der Waals surface area contributed by atoms with Crippen molar-refractivity contribution in [2.24, 2.45) is 0 Å². The second-order valence-electron chi connectivity index (χ2n) is 3.14. The van der Waals surface area contributed by atoms with Crippen molar-refractivity contribution in [3.05, 3.63) is 28.8 Å². The summed E-state index contributed by atoms with van der Waals surface area (Å²) in [5.74, 6) is -0.365. The van der Waals surface area contributed by atoms with Gasteiger partial charge in [-0.3, -0.25) is 4.79 Å². The van der Waals surface area contributed by atoms with Crippen LogP contribution in [0.4, 0.5) is 0 Å². The van der Waals surface area contributed by atoms with Crippen LogP contribution in [-0.2, 0) is 17.1 Å². The number of hydrogen-bond donors (Lipinski definition) is 1. The first kappa shape index (κ1) is 12.3. The highest BCUT2D eigenvalue weighted by molar-refractivity contribution is 6.17. The number of carbonyl (C=O) groups is 1. The van der Waals surface area contributed by atoms with Gasteiger partial charge >= 0.3 is 5.97 Å². The average molecular weight is 240 g/mol. The molecule has 1 aromatic rings. The van der Waals surface area contributed by atoms with Crippen LogP contribution in [0, 0.1) is 11.3 Å². The fraction of sp³-hybridized carbons (Fsp3) is 0.273. The smallest absolute Gasteiger partial charge is 0.307 e. The van der Waals surface area contributed by atoms with Gasteiger partial charge in [0.05, 0.1) is 31.0 Å². The van der Waals surface area contributed by atoms with E-state index in [2.05, 4.69) is 0 Å². The maximum absolute atomic E-state index is 10.7. The Bertz CT molecular complexity index is 451. The first-order chi connectivity index (χ1) is 7.62. The number of carboxylic acid groups (broad SMARTS) is 1. The second-order valence-corrected chi connectivity index (χ2v) is 3.41. The Labute approximate surface area is 98.0 Å². The molecule has 0 atom stereocenters. The van der Waals surface area contributed by atoms with Gasteiger partial charge in [-0.15, -0.1) is 11.6 Å². The lowest BCUT2D eigenvalue weighted by Crippen LogP contribution is -2.04. The lowest BCUT2D eigenvalue weighted by molar-refractivity contribution is -0.136. The summed E-state index contributed by atoms with van der Waals surface area (Å²) < 4.78 is 5.11. The summed E-state index contributed by atoms with van der Waals surface area (Å²) in [6.45, 7) is 0. The molecule has 1 rings (SSSR count). The molecule has 1 N–H and O–H groups in total. The molecule has 16 heavy (non-hydrogen) atoms. The standard InChI is InChI=1S/C11H10ClNO3/c1-16-11-8(4-10(14)15)2-7(6-13)3-9(11)5-12/h2-3H,4-5H2,1H3,(H,14,15). The van der Waals surface area contributed by atoms with Crippen molar-refractivity contribution >= 4 is 17.6 Å². The molecule has 0 radical (unpaired) electrons. The summed E-state index contributed by atoms with van der Waals surface area (Å²) in [7, 11) is 1.45. The van der Waals surface area contributed by atoms with E-state index < -0.39 is 5.97 Å². The maximum atomic E-state index is 10.7. The van der Waals surface area contributed by atoms with Crippen LogP contribution in [0.15, 0.2) is 12.1 Å². The largest absolute Gasteiger partial charge is 0.496 e. The Morgan fingerprint density at radius 1 is 1.56 bits per heavy atom. The zero-order valence-corrected chi connectivity index (χ0v) is 9.41. The van der Waals surface area contributed by atoms with Crippen molar-refractivity contribution in [2.75, 3.05) is 7.11 Å². The molecule has 0 aromatic heterocycles. The van der Waals surface area contributed by atoms with Gasteiger partial charge in [0, 0.05) is 11.1 Å². The summed E-state index contributed by atoms with van der Waals surface area (Å²) in [5, 5.41) is 17.5. The second kappa shape index (κ2) is 5.38. The molecule has 0 amide bonds. The van der Waals surface area contributed by atoms with Crippen LogP contribution in [-0.4, -0.2) is 18.2 Å². The third-order valence-electron chi connectivity index (χ3n) is 2.06. The summed E-state index contributed by atoms with van der Waals surface area (Å²) in [4.78, 5) is 10.7. The Morgan fingerprint density at radius 2 is 2.19 bits per heavy atom. The third-order valence-corrected chi connectivity index (χ3v) is 2.35. The van der Waals surface area contributed by atoms with Gasteiger partial charge in [-0.1, -0.05) is 0 Å². The van der Waals surface area contributed by atoms with E-state index in [9.17, 15) is 4.79 Å². The number of methoxy groups -OCH3 is 1. The van der Waals surface area contributed by atoms with E-state index in [0.29, 0.717) is 22.4 Å². The molecule has 0 fully saturated rings. The fourth-order valence-electron chi connectivity index (χ4n) is 1.47. The molecule has 84 valence electrons. The molecule has 0 aliphatic carbocycles. The van der Waals surface area contributed by atoms with Crippen molar-refractivity contribution < 1.29 is 14.6 Å². The highest BCUT2D eigenvalue weighted by atomic mass is 35.5. The zero-order chi connectivity index (χ0) is 12.1. The minimum Gasteiger partial charge on any atom is -0.496 e. The van der Waals surface area contributed by atoms with Gasteiger partial charge in [0.2, 0.25) is 0 Å². The average Bonchev–Trinajstić information content (AvgIpc) is 2.27. The number of nitriles is 1. The molecule has 0 bridgehead atoms. The third kappa shape index (κ3) is 2.65. The SMILES string of the molecule is COc1c(CCl)cc(C#N)cc1CC(=O)O. The molecule has 0 aliphatic rings. The molecule has 0 heterocycles. The molecule has 5 heteroatoms. The van der Waals surface area contributed by atoms with Crippen LogP contribution in [0.3, 0.4) is 0 Å². The van der Waals surface area contributed by atoms with Gasteiger partial charge in [0.15, 0.2) is 0 Å². The van der Waals surface area contributed by atoms with Crippen LogP contribution in [0.1, 0.15) is 16.7 Å². The number of benzene rings is 1. The van der Waals surface area contributed by atoms with E-state index >= 15 is 0 Å². The van der Waals surface area contributed by atoms with Crippen LogP contribution in [0.25, 0.3) is 0 Å². The van der Waals surface area contributed by atoms with Gasteiger partial charge < -0.3 is 9.84 Å². The monoisotopic (exact) mass is 239 g/mol. The summed E-state index contributed by atoms with van der Waals surface area (Å²) in [6, 6.07) is 5.06. The minimum absolute atomic E-state index is 0.172. The number of halogens is 1. The van der Waals surface area contributed by atoms with E-state index in [1.165, 1.54) is 13.2 Å². The van der Waals surface area contributed by atoms with Crippen molar-refractivity contribution in [1.29, 1.82) is 5.26 Å². The van der Waals surface area contributed by atoms with Crippen molar-refractivity contribution in [1.82, 2.24) is 0 Å². The Hall–Kier alpha value is -1.73. The quantitative estimate of drug-likeness (QED) is 0.815. The Morgan fingerprint density at radius 3 is 2.62 bits per heavy atom. The number of carboxylic acids is 1. The van der Waals surface area contributed by atoms with E-state index in [4.69, 9.17) is 26.7 Å². The molecular weight excluding hydrogens is 230 g/mol. The number of aliphatic carboxylic acids is 1. The van der Waals surface area contributed by atoms with Crippen LogP contribution < -0.4 is 4.74 Å². The topological polar surface area (TPSA) is 70.3 Å². The van der Waals surface area contributed by atoms with Crippen LogP contribution in [0.2, 0.25) is 0 Å². The number of hydrogen-bond acceptors (Lipinski definition) is 3.